The molecule has 4 rings (SSSR count). The monoisotopic (exact) mass is 394 g/mol. The summed E-state index contributed by atoms with van der Waals surface area (Å²) in [6.07, 6.45) is 0.503. The standard InChI is InChI=1S/C21H23FN6O/c1-14(23)16-5-7-18(8-6-16)24-21(29)27-9-10-28-19(25-26-20(28)13-27)12-15-3-2-4-17(22)11-15/h2-8,11,14H,9-10,12-13,23H2,1H3,(H,24,29)/t14-/m1/s1. The summed E-state index contributed by atoms with van der Waals surface area (Å²) in [5.41, 5.74) is 8.43. The number of nitrogens with zero attached hydrogens (tertiary/aromatic N) is 4. The molecule has 3 aromatic rings. The van der Waals surface area contributed by atoms with E-state index in [0.29, 0.717) is 26.1 Å². The van der Waals surface area contributed by atoms with Gasteiger partial charge in [0.1, 0.15) is 11.6 Å². The fourth-order valence-electron chi connectivity index (χ4n) is 3.42. The third-order valence-corrected chi connectivity index (χ3v) is 5.06. The van der Waals surface area contributed by atoms with Crippen LogP contribution < -0.4 is 11.1 Å². The Balaban J connectivity index is 1.41. The van der Waals surface area contributed by atoms with Crippen LogP contribution in [0, 0.1) is 5.82 Å². The van der Waals surface area contributed by atoms with Crippen molar-refractivity contribution in [2.45, 2.75) is 32.5 Å². The molecule has 0 fully saturated rings. The minimum atomic E-state index is -0.266. The maximum atomic E-state index is 13.4. The molecule has 3 N–H and O–H groups in total. The van der Waals surface area contributed by atoms with Gasteiger partial charge in [0.05, 0.1) is 6.54 Å². The van der Waals surface area contributed by atoms with Crippen molar-refractivity contribution in [3.05, 3.63) is 77.1 Å². The zero-order valence-corrected chi connectivity index (χ0v) is 16.2. The first-order valence-electron chi connectivity index (χ1n) is 9.56. The number of hydrogen-bond acceptors (Lipinski definition) is 4. The second kappa shape index (κ2) is 8.00. The molecular weight excluding hydrogens is 371 g/mol. The van der Waals surface area contributed by atoms with Gasteiger partial charge in [-0.15, -0.1) is 10.2 Å². The number of carbonyl (C=O) groups excluding carboxylic acids is 1. The van der Waals surface area contributed by atoms with E-state index < -0.39 is 0 Å². The number of benzene rings is 2. The fourth-order valence-corrected chi connectivity index (χ4v) is 3.42. The first kappa shape index (κ1) is 19.1. The SMILES string of the molecule is C[C@@H](N)c1ccc(NC(=O)N2CCn3c(Cc4cccc(F)c4)nnc3C2)cc1. The Morgan fingerprint density at radius 3 is 2.72 bits per heavy atom. The highest BCUT2D eigenvalue weighted by Crippen LogP contribution is 2.18. The Labute approximate surface area is 168 Å². The predicted octanol–water partition coefficient (Wildman–Crippen LogP) is 3.08. The van der Waals surface area contributed by atoms with E-state index in [1.165, 1.54) is 12.1 Å². The smallest absolute Gasteiger partial charge is 0.322 e. The van der Waals surface area contributed by atoms with Crippen LogP contribution in [-0.4, -0.2) is 32.2 Å². The number of aromatic nitrogens is 3. The maximum absolute atomic E-state index is 13.4. The van der Waals surface area contributed by atoms with Crippen LogP contribution in [0.4, 0.5) is 14.9 Å². The van der Waals surface area contributed by atoms with Crippen LogP contribution in [-0.2, 0) is 19.5 Å². The topological polar surface area (TPSA) is 89.1 Å². The van der Waals surface area contributed by atoms with Gasteiger partial charge >= 0.3 is 6.03 Å². The number of nitrogens with two attached hydrogens (primary N) is 1. The number of carbonyl (C=O) groups is 1. The lowest BCUT2D eigenvalue weighted by atomic mass is 10.1. The molecule has 8 heteroatoms. The molecule has 150 valence electrons. The lowest BCUT2D eigenvalue weighted by molar-refractivity contribution is 0.195. The molecular formula is C21H23FN6O. The summed E-state index contributed by atoms with van der Waals surface area (Å²) in [6.45, 7) is 3.44. The molecule has 0 saturated carbocycles. The predicted molar refractivity (Wildman–Crippen MR) is 108 cm³/mol. The van der Waals surface area contributed by atoms with E-state index in [1.807, 2.05) is 41.8 Å². The van der Waals surface area contributed by atoms with Gasteiger partial charge in [0.15, 0.2) is 5.82 Å². The molecule has 0 saturated heterocycles. The Hall–Kier alpha value is -3.26. The average Bonchev–Trinajstić information content (AvgIpc) is 3.10. The zero-order valence-electron chi connectivity index (χ0n) is 16.2. The highest BCUT2D eigenvalue weighted by molar-refractivity contribution is 5.89. The first-order valence-corrected chi connectivity index (χ1v) is 9.56. The van der Waals surface area contributed by atoms with Crippen LogP contribution >= 0.6 is 0 Å². The number of halogens is 1. The highest BCUT2D eigenvalue weighted by Gasteiger charge is 2.24. The number of amides is 2. The van der Waals surface area contributed by atoms with E-state index in [0.717, 1.165) is 28.5 Å². The van der Waals surface area contributed by atoms with Gasteiger partial charge in [0.2, 0.25) is 0 Å². The Morgan fingerprint density at radius 2 is 2.00 bits per heavy atom. The Kier molecular flexibility index (Phi) is 5.26. The van der Waals surface area contributed by atoms with Gasteiger partial charge in [-0.1, -0.05) is 24.3 Å². The van der Waals surface area contributed by atoms with Gasteiger partial charge in [-0.25, -0.2) is 9.18 Å². The summed E-state index contributed by atoms with van der Waals surface area (Å²) in [6, 6.07) is 13.8. The minimum absolute atomic E-state index is 0.0465. The number of anilines is 1. The molecule has 1 aliphatic rings. The summed E-state index contributed by atoms with van der Waals surface area (Å²) in [5.74, 6) is 1.24. The van der Waals surface area contributed by atoms with Crippen LogP contribution in [0.3, 0.4) is 0 Å². The van der Waals surface area contributed by atoms with E-state index in [-0.39, 0.29) is 17.9 Å². The van der Waals surface area contributed by atoms with Crippen LogP contribution in [0.15, 0.2) is 48.5 Å². The zero-order chi connectivity index (χ0) is 20.4. The minimum Gasteiger partial charge on any atom is -0.324 e. The van der Waals surface area contributed by atoms with E-state index in [4.69, 9.17) is 5.73 Å². The quantitative estimate of drug-likeness (QED) is 0.712. The van der Waals surface area contributed by atoms with Crippen molar-refractivity contribution in [3.8, 4) is 0 Å². The largest absolute Gasteiger partial charge is 0.324 e. The fraction of sp³-hybridized carbons (Fsp3) is 0.286. The first-order chi connectivity index (χ1) is 14.0. The van der Waals surface area contributed by atoms with Crippen LogP contribution in [0.2, 0.25) is 0 Å². The summed E-state index contributed by atoms with van der Waals surface area (Å²) in [4.78, 5) is 14.3. The third-order valence-electron chi connectivity index (χ3n) is 5.06. The van der Waals surface area contributed by atoms with Crippen LogP contribution in [0.5, 0.6) is 0 Å². The van der Waals surface area contributed by atoms with Gasteiger partial charge in [-0.3, -0.25) is 0 Å². The molecule has 0 bridgehead atoms. The maximum Gasteiger partial charge on any atom is 0.322 e. The Bertz CT molecular complexity index is 1010. The molecule has 1 aromatic heterocycles. The summed E-state index contributed by atoms with van der Waals surface area (Å²) in [7, 11) is 0. The van der Waals surface area contributed by atoms with Crippen LogP contribution in [0.1, 0.15) is 35.7 Å². The molecule has 29 heavy (non-hydrogen) atoms. The van der Waals surface area contributed by atoms with Crippen molar-refractivity contribution in [1.82, 2.24) is 19.7 Å². The summed E-state index contributed by atoms with van der Waals surface area (Å²) in [5, 5.41) is 11.4. The van der Waals surface area contributed by atoms with Crippen molar-refractivity contribution in [3.63, 3.8) is 0 Å². The second-order valence-corrected chi connectivity index (χ2v) is 7.25. The van der Waals surface area contributed by atoms with Gasteiger partial charge in [-0.05, 0) is 42.3 Å². The van der Waals surface area contributed by atoms with Crippen LogP contribution in [0.25, 0.3) is 0 Å². The van der Waals surface area contributed by atoms with E-state index in [1.54, 1.807) is 11.0 Å². The number of urea groups is 1. The normalized spacial score (nSPS) is 14.4. The molecule has 0 spiro atoms. The van der Waals surface area contributed by atoms with Gasteiger partial charge < -0.3 is 20.5 Å². The van der Waals surface area contributed by atoms with Crippen molar-refractivity contribution in [1.29, 1.82) is 0 Å². The van der Waals surface area contributed by atoms with Gasteiger partial charge in [0.25, 0.3) is 0 Å². The van der Waals surface area contributed by atoms with Gasteiger partial charge in [-0.2, -0.15) is 0 Å². The third kappa shape index (κ3) is 4.27. The average molecular weight is 394 g/mol. The van der Waals surface area contributed by atoms with E-state index in [9.17, 15) is 9.18 Å². The van der Waals surface area contributed by atoms with Crippen molar-refractivity contribution in [2.24, 2.45) is 5.73 Å². The lowest BCUT2D eigenvalue weighted by Crippen LogP contribution is -2.41. The summed E-state index contributed by atoms with van der Waals surface area (Å²) < 4.78 is 15.4. The molecule has 2 amide bonds. The number of hydrogen-bond donors (Lipinski definition) is 2. The molecule has 1 aliphatic heterocycles. The lowest BCUT2D eigenvalue weighted by Gasteiger charge is -2.28. The van der Waals surface area contributed by atoms with E-state index >= 15 is 0 Å². The molecule has 0 aliphatic carbocycles. The summed E-state index contributed by atoms with van der Waals surface area (Å²) >= 11 is 0. The van der Waals surface area contributed by atoms with Crippen molar-refractivity contribution < 1.29 is 9.18 Å². The molecule has 0 radical (unpaired) electrons. The highest BCUT2D eigenvalue weighted by atomic mass is 19.1. The van der Waals surface area contributed by atoms with Crippen molar-refractivity contribution >= 4 is 11.7 Å². The number of rotatable bonds is 4. The van der Waals surface area contributed by atoms with Gasteiger partial charge in [0, 0.05) is 31.2 Å². The second-order valence-electron chi connectivity index (χ2n) is 7.25. The number of fused-ring (bicyclic) bond motifs is 1. The van der Waals surface area contributed by atoms with E-state index in [2.05, 4.69) is 15.5 Å². The molecule has 0 unspecified atom stereocenters. The van der Waals surface area contributed by atoms with Crippen molar-refractivity contribution in [2.75, 3.05) is 11.9 Å². The molecule has 2 aromatic carbocycles. The Morgan fingerprint density at radius 1 is 1.21 bits per heavy atom. The molecule has 1 atom stereocenters. The molecule has 2 heterocycles. The number of nitrogens with one attached hydrogen (secondary N) is 1. The molecule has 7 nitrogen and oxygen atoms in total.